The molecule has 2 heterocycles. The van der Waals surface area contributed by atoms with Crippen LogP contribution in [0.1, 0.15) is 41.7 Å². The minimum Gasteiger partial charge on any atom is -0.366 e. The quantitative estimate of drug-likeness (QED) is 0.721. The van der Waals surface area contributed by atoms with Crippen LogP contribution in [0.5, 0.6) is 0 Å². The Hall–Kier alpha value is -2.64. The van der Waals surface area contributed by atoms with E-state index in [1.165, 1.54) is 18.5 Å². The fourth-order valence-corrected chi connectivity index (χ4v) is 3.71. The highest BCUT2D eigenvalue weighted by atomic mass is 35.5. The molecular formula is C20H20Cl2N4O3. The van der Waals surface area contributed by atoms with Gasteiger partial charge in [0.25, 0.3) is 0 Å². The molecule has 152 valence electrons. The number of likely N-dealkylation sites (tertiary alicyclic amines) is 1. The smallest absolute Gasteiger partial charge is 0.313 e. The zero-order valence-corrected chi connectivity index (χ0v) is 17.2. The van der Waals surface area contributed by atoms with Gasteiger partial charge >= 0.3 is 11.8 Å². The van der Waals surface area contributed by atoms with Crippen molar-refractivity contribution in [1.29, 1.82) is 0 Å². The highest BCUT2D eigenvalue weighted by Gasteiger charge is 2.34. The van der Waals surface area contributed by atoms with Gasteiger partial charge < -0.3 is 16.0 Å². The Labute approximate surface area is 178 Å². The second kappa shape index (κ2) is 8.80. The second-order valence-corrected chi connectivity index (χ2v) is 7.92. The molecular weight excluding hydrogens is 415 g/mol. The molecule has 0 bridgehead atoms. The maximum absolute atomic E-state index is 12.9. The molecule has 0 spiro atoms. The van der Waals surface area contributed by atoms with Crippen molar-refractivity contribution in [1.82, 2.24) is 9.88 Å². The van der Waals surface area contributed by atoms with E-state index in [-0.39, 0.29) is 23.2 Å². The third kappa shape index (κ3) is 4.86. The van der Waals surface area contributed by atoms with Crippen LogP contribution in [-0.2, 0) is 9.59 Å². The zero-order chi connectivity index (χ0) is 21.1. The van der Waals surface area contributed by atoms with Crippen molar-refractivity contribution in [2.45, 2.75) is 25.8 Å². The molecule has 2 aromatic rings. The number of carbonyl (C=O) groups is 3. The van der Waals surface area contributed by atoms with Crippen LogP contribution in [0.3, 0.4) is 0 Å². The molecule has 3 N–H and O–H groups in total. The molecule has 2 unspecified atom stereocenters. The summed E-state index contributed by atoms with van der Waals surface area (Å²) in [7, 11) is 0. The van der Waals surface area contributed by atoms with E-state index in [1.807, 2.05) is 13.0 Å². The van der Waals surface area contributed by atoms with E-state index in [9.17, 15) is 14.4 Å². The maximum Gasteiger partial charge on any atom is 0.313 e. The number of halogens is 2. The summed E-state index contributed by atoms with van der Waals surface area (Å²) < 4.78 is 0. The van der Waals surface area contributed by atoms with Crippen LogP contribution < -0.4 is 11.1 Å². The van der Waals surface area contributed by atoms with Crippen LogP contribution >= 0.6 is 23.2 Å². The van der Waals surface area contributed by atoms with Crippen LogP contribution in [-0.4, -0.2) is 34.2 Å². The number of amides is 3. The van der Waals surface area contributed by atoms with Gasteiger partial charge in [0.15, 0.2) is 0 Å². The molecule has 1 saturated heterocycles. The lowest BCUT2D eigenvalue weighted by Gasteiger charge is -2.38. The number of rotatable bonds is 3. The Kier molecular flexibility index (Phi) is 6.39. The maximum atomic E-state index is 12.9. The first-order valence-electron chi connectivity index (χ1n) is 9.08. The highest BCUT2D eigenvalue weighted by molar-refractivity contribution is 6.42. The molecule has 0 aliphatic carbocycles. The van der Waals surface area contributed by atoms with E-state index in [4.69, 9.17) is 28.9 Å². The third-order valence-corrected chi connectivity index (χ3v) is 5.62. The number of nitrogens with zero attached hydrogens (tertiary/aromatic N) is 2. The van der Waals surface area contributed by atoms with Crippen molar-refractivity contribution in [3.63, 3.8) is 0 Å². The number of anilines is 1. The molecule has 1 aromatic heterocycles. The Morgan fingerprint density at radius 3 is 2.59 bits per heavy atom. The number of nitrogens with two attached hydrogens (primary N) is 1. The number of benzene rings is 1. The third-order valence-electron chi connectivity index (χ3n) is 4.88. The van der Waals surface area contributed by atoms with Gasteiger partial charge in [-0.05, 0) is 42.5 Å². The standard InChI is InChI=1S/C20H20Cl2N4O3/c1-11-2-5-17(12-3-4-15(21)16(22)7-12)26(10-11)20(29)19(28)25-14-6-13(18(23)27)8-24-9-14/h3-4,6-9,11,17H,2,5,10H2,1H3,(H2,23,27)(H,25,28). The highest BCUT2D eigenvalue weighted by Crippen LogP contribution is 2.36. The Bertz CT molecular complexity index is 966. The summed E-state index contributed by atoms with van der Waals surface area (Å²) in [6.07, 6.45) is 4.25. The van der Waals surface area contributed by atoms with Gasteiger partial charge in [0.1, 0.15) is 0 Å². The summed E-state index contributed by atoms with van der Waals surface area (Å²) in [5.41, 5.74) is 6.40. The van der Waals surface area contributed by atoms with Gasteiger partial charge in [0, 0.05) is 12.7 Å². The molecule has 3 rings (SSSR count). The van der Waals surface area contributed by atoms with E-state index in [0.717, 1.165) is 12.0 Å². The van der Waals surface area contributed by atoms with Crippen LogP contribution in [0, 0.1) is 5.92 Å². The average molecular weight is 435 g/mol. The van der Waals surface area contributed by atoms with Crippen LogP contribution in [0.2, 0.25) is 10.0 Å². The number of hydrogen-bond acceptors (Lipinski definition) is 4. The topological polar surface area (TPSA) is 105 Å². The van der Waals surface area contributed by atoms with Gasteiger partial charge in [-0.1, -0.05) is 36.2 Å². The lowest BCUT2D eigenvalue weighted by molar-refractivity contribution is -0.146. The SMILES string of the molecule is CC1CCC(c2ccc(Cl)c(Cl)c2)N(C(=O)C(=O)Nc2cncc(C(N)=O)c2)C1. The summed E-state index contributed by atoms with van der Waals surface area (Å²) in [6.45, 7) is 2.47. The summed E-state index contributed by atoms with van der Waals surface area (Å²) in [5.74, 6) is -1.90. The zero-order valence-electron chi connectivity index (χ0n) is 15.7. The summed E-state index contributed by atoms with van der Waals surface area (Å²) in [6, 6.07) is 6.31. The van der Waals surface area contributed by atoms with Crippen molar-refractivity contribution in [3.05, 3.63) is 57.8 Å². The van der Waals surface area contributed by atoms with Gasteiger partial charge in [-0.25, -0.2) is 0 Å². The number of carbonyl (C=O) groups excluding carboxylic acids is 3. The van der Waals surface area contributed by atoms with Crippen molar-refractivity contribution in [2.24, 2.45) is 11.7 Å². The first-order valence-corrected chi connectivity index (χ1v) is 9.83. The minimum atomic E-state index is -0.812. The van der Waals surface area contributed by atoms with Crippen LogP contribution in [0.25, 0.3) is 0 Å². The summed E-state index contributed by atoms with van der Waals surface area (Å²) in [5, 5.41) is 3.32. The number of nitrogens with one attached hydrogen (secondary N) is 1. The average Bonchev–Trinajstić information content (AvgIpc) is 2.69. The predicted octanol–water partition coefficient (Wildman–Crippen LogP) is 3.43. The molecule has 1 aliphatic heterocycles. The Morgan fingerprint density at radius 1 is 1.14 bits per heavy atom. The van der Waals surface area contributed by atoms with Crippen molar-refractivity contribution in [2.75, 3.05) is 11.9 Å². The molecule has 1 aromatic carbocycles. The summed E-state index contributed by atoms with van der Waals surface area (Å²) >= 11 is 12.1. The molecule has 0 saturated carbocycles. The molecule has 0 radical (unpaired) electrons. The van der Waals surface area contributed by atoms with Crippen molar-refractivity contribution in [3.8, 4) is 0 Å². The van der Waals surface area contributed by atoms with Crippen molar-refractivity contribution >= 4 is 46.6 Å². The number of primary amides is 1. The van der Waals surface area contributed by atoms with Gasteiger partial charge in [-0.15, -0.1) is 0 Å². The molecule has 7 nitrogen and oxygen atoms in total. The van der Waals surface area contributed by atoms with E-state index < -0.39 is 17.7 Å². The Balaban J connectivity index is 1.81. The molecule has 1 aliphatic rings. The molecule has 1 fully saturated rings. The van der Waals surface area contributed by atoms with E-state index in [0.29, 0.717) is 23.0 Å². The normalized spacial score (nSPS) is 18.9. The first-order chi connectivity index (χ1) is 13.8. The Morgan fingerprint density at radius 2 is 1.90 bits per heavy atom. The summed E-state index contributed by atoms with van der Waals surface area (Å²) in [4.78, 5) is 42.2. The lowest BCUT2D eigenvalue weighted by atomic mass is 9.90. The number of piperidine rings is 1. The van der Waals surface area contributed by atoms with E-state index >= 15 is 0 Å². The number of aromatic nitrogens is 1. The van der Waals surface area contributed by atoms with E-state index in [2.05, 4.69) is 10.3 Å². The van der Waals surface area contributed by atoms with Gasteiger partial charge in [0.2, 0.25) is 5.91 Å². The van der Waals surface area contributed by atoms with Crippen molar-refractivity contribution < 1.29 is 14.4 Å². The van der Waals surface area contributed by atoms with E-state index in [1.54, 1.807) is 17.0 Å². The molecule has 2 atom stereocenters. The largest absolute Gasteiger partial charge is 0.366 e. The fraction of sp³-hybridized carbons (Fsp3) is 0.300. The van der Waals surface area contributed by atoms with Gasteiger partial charge in [-0.2, -0.15) is 0 Å². The van der Waals surface area contributed by atoms with Gasteiger partial charge in [-0.3, -0.25) is 19.4 Å². The fourth-order valence-electron chi connectivity index (χ4n) is 3.40. The second-order valence-electron chi connectivity index (χ2n) is 7.11. The molecule has 3 amide bonds. The van der Waals surface area contributed by atoms with Crippen LogP contribution in [0.4, 0.5) is 5.69 Å². The molecule has 29 heavy (non-hydrogen) atoms. The lowest BCUT2D eigenvalue weighted by Crippen LogP contribution is -2.46. The number of pyridine rings is 1. The molecule has 9 heteroatoms. The van der Waals surface area contributed by atoms with Crippen LogP contribution in [0.15, 0.2) is 36.7 Å². The first kappa shape index (κ1) is 21.1. The monoisotopic (exact) mass is 434 g/mol. The number of hydrogen-bond donors (Lipinski definition) is 2. The van der Waals surface area contributed by atoms with Gasteiger partial charge in [0.05, 0.1) is 33.5 Å². The minimum absolute atomic E-state index is 0.135. The predicted molar refractivity (Wildman–Crippen MR) is 111 cm³/mol.